The lowest BCUT2D eigenvalue weighted by Gasteiger charge is -2.29. The van der Waals surface area contributed by atoms with Crippen LogP contribution in [0.25, 0.3) is 0 Å². The Balaban J connectivity index is 2.04. The van der Waals surface area contributed by atoms with Crippen LogP contribution in [0.1, 0.15) is 37.4 Å². The Bertz CT molecular complexity index is 266. The van der Waals surface area contributed by atoms with Crippen molar-refractivity contribution in [1.82, 2.24) is 10.1 Å². The number of rotatable bonds is 2. The summed E-state index contributed by atoms with van der Waals surface area (Å²) in [4.78, 5) is 4.06. The zero-order valence-electron chi connectivity index (χ0n) is 7.03. The van der Waals surface area contributed by atoms with Crippen LogP contribution in [0.5, 0.6) is 0 Å². The van der Waals surface area contributed by atoms with Gasteiger partial charge in [-0.05, 0) is 18.8 Å². The molecule has 1 N–H and O–H groups in total. The highest BCUT2D eigenvalue weighted by atomic mass is 16.5. The van der Waals surface area contributed by atoms with Crippen LogP contribution in [0.2, 0.25) is 0 Å². The Morgan fingerprint density at radius 2 is 2.33 bits per heavy atom. The van der Waals surface area contributed by atoms with E-state index in [1.807, 2.05) is 0 Å². The monoisotopic (exact) mass is 168 g/mol. The summed E-state index contributed by atoms with van der Waals surface area (Å²) in [5, 5.41) is 12.5. The minimum atomic E-state index is -0.157. The van der Waals surface area contributed by atoms with Gasteiger partial charge in [-0.2, -0.15) is 4.98 Å². The van der Waals surface area contributed by atoms with E-state index in [1.165, 1.54) is 0 Å². The molecule has 0 unspecified atom stereocenters. The molecule has 0 saturated heterocycles. The summed E-state index contributed by atoms with van der Waals surface area (Å²) in [6.45, 7) is 2.05. The average Bonchev–Trinajstić information content (AvgIpc) is 2.46. The maximum atomic E-state index is 8.68. The van der Waals surface area contributed by atoms with E-state index in [0.29, 0.717) is 11.8 Å². The number of hydrogen-bond acceptors (Lipinski definition) is 4. The van der Waals surface area contributed by atoms with Gasteiger partial charge in [0, 0.05) is 5.92 Å². The fraction of sp³-hybridized carbons (Fsp3) is 0.750. The molecule has 1 aliphatic carbocycles. The molecule has 0 bridgehead atoms. The van der Waals surface area contributed by atoms with E-state index >= 15 is 0 Å². The minimum absolute atomic E-state index is 0.157. The first-order valence-electron chi connectivity index (χ1n) is 4.23. The molecule has 12 heavy (non-hydrogen) atoms. The Morgan fingerprint density at radius 3 is 2.83 bits per heavy atom. The van der Waals surface area contributed by atoms with Crippen LogP contribution in [-0.2, 0) is 6.61 Å². The number of hydrogen-bond donors (Lipinski definition) is 1. The fourth-order valence-corrected chi connectivity index (χ4v) is 1.61. The summed E-state index contributed by atoms with van der Waals surface area (Å²) in [6.07, 6.45) is 2.29. The molecule has 1 saturated carbocycles. The first-order chi connectivity index (χ1) is 5.79. The Morgan fingerprint density at radius 1 is 1.58 bits per heavy atom. The van der Waals surface area contributed by atoms with Gasteiger partial charge in [0.25, 0.3) is 5.89 Å². The van der Waals surface area contributed by atoms with E-state index in [1.54, 1.807) is 0 Å². The van der Waals surface area contributed by atoms with Crippen molar-refractivity contribution < 1.29 is 9.63 Å². The molecule has 1 fully saturated rings. The van der Waals surface area contributed by atoms with Crippen molar-refractivity contribution in [1.29, 1.82) is 0 Å². The summed E-state index contributed by atoms with van der Waals surface area (Å²) in [5.74, 6) is 2.33. The zero-order chi connectivity index (χ0) is 8.55. The van der Waals surface area contributed by atoms with Gasteiger partial charge in [-0.1, -0.05) is 12.1 Å². The van der Waals surface area contributed by atoms with Crippen LogP contribution in [-0.4, -0.2) is 15.2 Å². The summed E-state index contributed by atoms with van der Waals surface area (Å²) >= 11 is 0. The molecule has 0 atom stereocenters. The van der Waals surface area contributed by atoms with Crippen molar-refractivity contribution >= 4 is 0 Å². The highest BCUT2D eigenvalue weighted by Crippen LogP contribution is 2.39. The van der Waals surface area contributed by atoms with Crippen molar-refractivity contribution in [3.05, 3.63) is 11.7 Å². The standard InChI is InChI=1S/C8H12N2O2/c1-5-2-6(3-5)8-9-7(4-11)12-10-8/h5-6,11H,2-4H2,1H3. The molecule has 1 heterocycles. The van der Waals surface area contributed by atoms with Crippen LogP contribution < -0.4 is 0 Å². The van der Waals surface area contributed by atoms with Gasteiger partial charge in [0.2, 0.25) is 0 Å². The molecule has 1 aromatic rings. The van der Waals surface area contributed by atoms with E-state index in [9.17, 15) is 0 Å². The lowest BCUT2D eigenvalue weighted by Crippen LogP contribution is -2.19. The molecule has 2 rings (SSSR count). The molecule has 0 aliphatic heterocycles. The highest BCUT2D eigenvalue weighted by Gasteiger charge is 2.30. The fourth-order valence-electron chi connectivity index (χ4n) is 1.61. The summed E-state index contributed by atoms with van der Waals surface area (Å²) < 4.78 is 4.79. The van der Waals surface area contributed by atoms with E-state index in [4.69, 9.17) is 9.63 Å². The molecule has 4 nitrogen and oxygen atoms in total. The van der Waals surface area contributed by atoms with Crippen LogP contribution in [0.4, 0.5) is 0 Å². The SMILES string of the molecule is CC1CC(c2noc(CO)n2)C1. The molecule has 1 aromatic heterocycles. The van der Waals surface area contributed by atoms with E-state index in [-0.39, 0.29) is 6.61 Å². The van der Waals surface area contributed by atoms with Gasteiger partial charge in [0.1, 0.15) is 6.61 Å². The molecular weight excluding hydrogens is 156 g/mol. The second-order valence-electron chi connectivity index (χ2n) is 3.48. The van der Waals surface area contributed by atoms with Gasteiger partial charge >= 0.3 is 0 Å². The van der Waals surface area contributed by atoms with Gasteiger partial charge in [-0.15, -0.1) is 0 Å². The Labute approximate surface area is 70.6 Å². The molecule has 0 aromatic carbocycles. The highest BCUT2D eigenvalue weighted by molar-refractivity contribution is 5.01. The third-order valence-corrected chi connectivity index (χ3v) is 2.36. The quantitative estimate of drug-likeness (QED) is 0.717. The average molecular weight is 168 g/mol. The predicted molar refractivity (Wildman–Crippen MR) is 41.4 cm³/mol. The maximum Gasteiger partial charge on any atom is 0.252 e. The maximum absolute atomic E-state index is 8.68. The molecular formula is C8H12N2O2. The van der Waals surface area contributed by atoms with Crippen LogP contribution >= 0.6 is 0 Å². The smallest absolute Gasteiger partial charge is 0.252 e. The normalized spacial score (nSPS) is 28.5. The molecule has 1 aliphatic rings. The van der Waals surface area contributed by atoms with Gasteiger partial charge in [0.05, 0.1) is 0 Å². The number of nitrogens with zero attached hydrogens (tertiary/aromatic N) is 2. The largest absolute Gasteiger partial charge is 0.387 e. The van der Waals surface area contributed by atoms with Gasteiger partial charge < -0.3 is 9.63 Å². The lowest BCUT2D eigenvalue weighted by molar-refractivity contribution is 0.220. The zero-order valence-corrected chi connectivity index (χ0v) is 7.03. The van der Waals surface area contributed by atoms with Gasteiger partial charge in [0.15, 0.2) is 5.82 Å². The Hall–Kier alpha value is -0.900. The second kappa shape index (κ2) is 2.86. The van der Waals surface area contributed by atoms with Crippen molar-refractivity contribution in [2.45, 2.75) is 32.3 Å². The topological polar surface area (TPSA) is 59.2 Å². The van der Waals surface area contributed by atoms with Crippen LogP contribution in [0.15, 0.2) is 4.52 Å². The van der Waals surface area contributed by atoms with Gasteiger partial charge in [-0.25, -0.2) is 0 Å². The number of aliphatic hydroxyl groups excluding tert-OH is 1. The van der Waals surface area contributed by atoms with Crippen molar-refractivity contribution in [3.63, 3.8) is 0 Å². The Kier molecular flexibility index (Phi) is 1.84. The number of aliphatic hydroxyl groups is 1. The van der Waals surface area contributed by atoms with Crippen molar-refractivity contribution in [2.24, 2.45) is 5.92 Å². The number of aromatic nitrogens is 2. The van der Waals surface area contributed by atoms with Crippen LogP contribution in [0, 0.1) is 5.92 Å². The molecule has 66 valence electrons. The summed E-state index contributed by atoms with van der Waals surface area (Å²) in [5.41, 5.74) is 0. The van der Waals surface area contributed by atoms with E-state index in [2.05, 4.69) is 17.1 Å². The second-order valence-corrected chi connectivity index (χ2v) is 3.48. The molecule has 4 heteroatoms. The van der Waals surface area contributed by atoms with Crippen molar-refractivity contribution in [2.75, 3.05) is 0 Å². The summed E-state index contributed by atoms with van der Waals surface area (Å²) in [7, 11) is 0. The first-order valence-corrected chi connectivity index (χ1v) is 4.23. The van der Waals surface area contributed by atoms with Gasteiger partial charge in [-0.3, -0.25) is 0 Å². The predicted octanol–water partition coefficient (Wildman–Crippen LogP) is 1.08. The third-order valence-electron chi connectivity index (χ3n) is 2.36. The summed E-state index contributed by atoms with van der Waals surface area (Å²) in [6, 6.07) is 0. The molecule has 0 spiro atoms. The first kappa shape index (κ1) is 7.73. The molecule has 0 amide bonds. The minimum Gasteiger partial charge on any atom is -0.387 e. The van der Waals surface area contributed by atoms with Crippen LogP contribution in [0.3, 0.4) is 0 Å². The van der Waals surface area contributed by atoms with Crippen molar-refractivity contribution in [3.8, 4) is 0 Å². The molecule has 0 radical (unpaired) electrons. The van der Waals surface area contributed by atoms with E-state index in [0.717, 1.165) is 24.6 Å². The lowest BCUT2D eigenvalue weighted by atomic mass is 9.76. The van der Waals surface area contributed by atoms with E-state index < -0.39 is 0 Å². The third kappa shape index (κ3) is 1.22.